The summed E-state index contributed by atoms with van der Waals surface area (Å²) in [6, 6.07) is 15.4. The highest BCUT2D eigenvalue weighted by Crippen LogP contribution is 2.51. The normalized spacial score (nSPS) is 20.7. The van der Waals surface area contributed by atoms with Crippen molar-refractivity contribution in [1.82, 2.24) is 10.2 Å². The number of benzene rings is 2. The third-order valence-corrected chi connectivity index (χ3v) is 5.90. The van der Waals surface area contributed by atoms with Gasteiger partial charge in [-0.25, -0.2) is 0 Å². The molecule has 1 aliphatic rings. The van der Waals surface area contributed by atoms with Crippen LogP contribution in [-0.2, 0) is 11.2 Å². The number of carbonyl (C=O) groups is 1. The zero-order valence-corrected chi connectivity index (χ0v) is 16.0. The fourth-order valence-corrected chi connectivity index (χ4v) is 4.49. The highest BCUT2D eigenvalue weighted by molar-refractivity contribution is 7.13. The molecule has 1 aromatic heterocycles. The van der Waals surface area contributed by atoms with Gasteiger partial charge in [-0.3, -0.25) is 4.79 Å². The summed E-state index contributed by atoms with van der Waals surface area (Å²) in [5.74, 6) is -0.341. The van der Waals surface area contributed by atoms with Crippen LogP contribution in [0.15, 0.2) is 48.0 Å². The molecule has 4 rings (SSSR count). The van der Waals surface area contributed by atoms with Crippen LogP contribution in [-0.4, -0.2) is 16.1 Å². The molecule has 0 fully saturated rings. The monoisotopic (exact) mass is 394 g/mol. The quantitative estimate of drug-likeness (QED) is 0.714. The van der Waals surface area contributed by atoms with Crippen molar-refractivity contribution in [1.29, 1.82) is 5.26 Å². The van der Waals surface area contributed by atoms with Crippen molar-refractivity contribution in [2.75, 3.05) is 5.32 Å². The number of nitriles is 1. The number of carbonyl (C=O) groups excluding carboxylic acids is 1. The maximum atomic E-state index is 13.3. The minimum atomic E-state index is -0.743. The zero-order chi connectivity index (χ0) is 19.0. The molecule has 7 heteroatoms. The molecule has 1 aliphatic carbocycles. The lowest BCUT2D eigenvalue weighted by Crippen LogP contribution is -2.37. The molecule has 1 unspecified atom stereocenters. The van der Waals surface area contributed by atoms with Gasteiger partial charge in [0.25, 0.3) is 0 Å². The van der Waals surface area contributed by atoms with E-state index in [1.54, 1.807) is 11.6 Å². The fraction of sp³-hybridized carbons (Fsp3) is 0.200. The van der Waals surface area contributed by atoms with Gasteiger partial charge in [-0.1, -0.05) is 41.1 Å². The van der Waals surface area contributed by atoms with Crippen LogP contribution < -0.4 is 5.32 Å². The van der Waals surface area contributed by atoms with Crippen LogP contribution in [0.3, 0.4) is 0 Å². The topological polar surface area (TPSA) is 78.7 Å². The first-order valence-electron chi connectivity index (χ1n) is 8.37. The molecule has 3 aromatic rings. The van der Waals surface area contributed by atoms with E-state index in [0.717, 1.165) is 16.7 Å². The molecule has 0 saturated carbocycles. The maximum Gasteiger partial charge on any atom is 0.233 e. The van der Waals surface area contributed by atoms with Crippen LogP contribution in [0.1, 0.15) is 35.1 Å². The van der Waals surface area contributed by atoms with Gasteiger partial charge in [-0.15, -0.1) is 10.2 Å². The Morgan fingerprint density at radius 1 is 1.37 bits per heavy atom. The van der Waals surface area contributed by atoms with Crippen molar-refractivity contribution in [3.63, 3.8) is 0 Å². The average molecular weight is 395 g/mol. The number of amides is 1. The van der Waals surface area contributed by atoms with Gasteiger partial charge in [0.1, 0.15) is 5.51 Å². The highest BCUT2D eigenvalue weighted by Gasteiger charge is 2.49. The molecule has 5 nitrogen and oxygen atoms in total. The van der Waals surface area contributed by atoms with Crippen LogP contribution in [0.25, 0.3) is 0 Å². The second-order valence-corrected chi connectivity index (χ2v) is 8.08. The van der Waals surface area contributed by atoms with E-state index < -0.39 is 5.41 Å². The van der Waals surface area contributed by atoms with Gasteiger partial charge in [-0.2, -0.15) is 5.26 Å². The van der Waals surface area contributed by atoms with Gasteiger partial charge in [0, 0.05) is 10.9 Å². The number of aromatic nitrogens is 2. The Labute approximate surface area is 165 Å². The smallest absolute Gasteiger partial charge is 0.233 e. The van der Waals surface area contributed by atoms with Gasteiger partial charge >= 0.3 is 0 Å². The molecule has 0 bridgehead atoms. The Morgan fingerprint density at radius 3 is 2.93 bits per heavy atom. The van der Waals surface area contributed by atoms with Crippen molar-refractivity contribution in [3.8, 4) is 6.07 Å². The van der Waals surface area contributed by atoms with Gasteiger partial charge < -0.3 is 5.32 Å². The molecule has 134 valence electrons. The number of rotatable bonds is 3. The Morgan fingerprint density at radius 2 is 2.22 bits per heavy atom. The largest absolute Gasteiger partial charge is 0.300 e. The number of halogens is 1. The third kappa shape index (κ3) is 3.09. The predicted molar refractivity (Wildman–Crippen MR) is 105 cm³/mol. The van der Waals surface area contributed by atoms with Crippen molar-refractivity contribution < 1.29 is 4.79 Å². The molecule has 1 amide bonds. The number of anilines is 1. The molecule has 2 atom stereocenters. The lowest BCUT2D eigenvalue weighted by atomic mass is 9.73. The predicted octanol–water partition coefficient (Wildman–Crippen LogP) is 4.40. The van der Waals surface area contributed by atoms with Crippen LogP contribution in [0, 0.1) is 16.7 Å². The molecule has 2 aromatic carbocycles. The van der Waals surface area contributed by atoms with E-state index in [0.29, 0.717) is 22.1 Å². The third-order valence-electron chi connectivity index (χ3n) is 5.06. The summed E-state index contributed by atoms with van der Waals surface area (Å²) in [7, 11) is 0. The molecule has 1 N–H and O–H groups in total. The lowest BCUT2D eigenvalue weighted by molar-refractivity contribution is -0.125. The number of hydrogen-bond donors (Lipinski definition) is 1. The summed E-state index contributed by atoms with van der Waals surface area (Å²) in [5.41, 5.74) is 4.42. The first kappa shape index (κ1) is 17.7. The van der Waals surface area contributed by atoms with E-state index in [1.165, 1.54) is 11.3 Å². The van der Waals surface area contributed by atoms with E-state index in [9.17, 15) is 10.1 Å². The minimum Gasteiger partial charge on any atom is -0.300 e. The highest BCUT2D eigenvalue weighted by atomic mass is 35.5. The molecule has 0 saturated heterocycles. The van der Waals surface area contributed by atoms with Crippen LogP contribution >= 0.6 is 22.9 Å². The second kappa shape index (κ2) is 6.76. The number of nitrogens with zero attached hydrogens (tertiary/aromatic N) is 3. The van der Waals surface area contributed by atoms with Crippen LogP contribution in [0.5, 0.6) is 0 Å². The van der Waals surface area contributed by atoms with Gasteiger partial charge in [0.05, 0.1) is 17.0 Å². The maximum absolute atomic E-state index is 13.3. The number of nitrogens with one attached hydrogen (secondary N) is 1. The molecule has 27 heavy (non-hydrogen) atoms. The van der Waals surface area contributed by atoms with E-state index in [4.69, 9.17) is 11.6 Å². The zero-order valence-electron chi connectivity index (χ0n) is 14.4. The van der Waals surface area contributed by atoms with Crippen molar-refractivity contribution in [2.24, 2.45) is 5.41 Å². The lowest BCUT2D eigenvalue weighted by Gasteiger charge is -2.31. The average Bonchev–Trinajstić information content (AvgIpc) is 3.26. The van der Waals surface area contributed by atoms with E-state index in [2.05, 4.69) is 21.6 Å². The SMILES string of the molecule is C[C@]1(C(=O)Nc2nncs2)Cc2ccc(C#N)cc2C1c1cccc(Cl)c1. The molecule has 0 spiro atoms. The van der Waals surface area contributed by atoms with Crippen molar-refractivity contribution in [2.45, 2.75) is 19.3 Å². The van der Waals surface area contributed by atoms with E-state index in [-0.39, 0.29) is 11.8 Å². The van der Waals surface area contributed by atoms with Crippen molar-refractivity contribution >= 4 is 34.0 Å². The fourth-order valence-electron chi connectivity index (χ4n) is 3.85. The number of fused-ring (bicyclic) bond motifs is 1. The molecule has 0 radical (unpaired) electrons. The molecular formula is C20H15ClN4OS. The van der Waals surface area contributed by atoms with Crippen molar-refractivity contribution in [3.05, 3.63) is 75.3 Å². The summed E-state index contributed by atoms with van der Waals surface area (Å²) in [6.07, 6.45) is 0.565. The standard InChI is InChI=1S/C20H15ClN4OS/c1-20(18(26)24-19-25-23-11-27-19)9-14-6-5-12(10-22)7-16(14)17(20)13-3-2-4-15(21)8-13/h2-8,11,17H,9H2,1H3,(H,24,25,26)/t17?,20-/m0/s1. The molecular weight excluding hydrogens is 380 g/mol. The van der Waals surface area contributed by atoms with E-state index in [1.807, 2.05) is 43.3 Å². The summed E-state index contributed by atoms with van der Waals surface area (Å²) in [6.45, 7) is 1.95. The Kier molecular flexibility index (Phi) is 4.42. The number of hydrogen-bond acceptors (Lipinski definition) is 5. The van der Waals surface area contributed by atoms with Gasteiger partial charge in [0.2, 0.25) is 11.0 Å². The summed E-state index contributed by atoms with van der Waals surface area (Å²) < 4.78 is 0. The van der Waals surface area contributed by atoms with Gasteiger partial charge in [0.15, 0.2) is 0 Å². The van der Waals surface area contributed by atoms with Crippen LogP contribution in [0.4, 0.5) is 5.13 Å². The summed E-state index contributed by atoms with van der Waals surface area (Å²) in [4.78, 5) is 13.3. The summed E-state index contributed by atoms with van der Waals surface area (Å²) in [5, 5.41) is 21.0. The minimum absolute atomic E-state index is 0.126. The van der Waals surface area contributed by atoms with E-state index >= 15 is 0 Å². The first-order chi connectivity index (χ1) is 13.0. The second-order valence-electron chi connectivity index (χ2n) is 6.81. The first-order valence-corrected chi connectivity index (χ1v) is 9.63. The Hall–Kier alpha value is -2.75. The molecule has 0 aliphatic heterocycles. The summed E-state index contributed by atoms with van der Waals surface area (Å²) >= 11 is 7.51. The molecule has 1 heterocycles. The Balaban J connectivity index is 1.83. The Bertz CT molecular complexity index is 1060. The van der Waals surface area contributed by atoms with Gasteiger partial charge in [-0.05, 0) is 54.3 Å². The van der Waals surface area contributed by atoms with Crippen LogP contribution in [0.2, 0.25) is 5.02 Å².